The van der Waals surface area contributed by atoms with Gasteiger partial charge in [-0.1, -0.05) is 6.07 Å². The summed E-state index contributed by atoms with van der Waals surface area (Å²) >= 11 is 0. The molecule has 1 aromatic carbocycles. The van der Waals surface area contributed by atoms with Gasteiger partial charge in [0.25, 0.3) is 0 Å². The van der Waals surface area contributed by atoms with Gasteiger partial charge in [0.1, 0.15) is 0 Å². The van der Waals surface area contributed by atoms with Crippen LogP contribution in [0.1, 0.15) is 36.2 Å². The maximum absolute atomic E-state index is 11.7. The maximum atomic E-state index is 11.7. The second-order valence-corrected chi connectivity index (χ2v) is 4.95. The smallest absolute Gasteiger partial charge is 0.338 e. The zero-order chi connectivity index (χ0) is 13.8. The van der Waals surface area contributed by atoms with Gasteiger partial charge in [0, 0.05) is 5.69 Å². The minimum absolute atomic E-state index is 0.229. The summed E-state index contributed by atoms with van der Waals surface area (Å²) in [6.45, 7) is 5.72. The second-order valence-electron chi connectivity index (χ2n) is 4.95. The predicted molar refractivity (Wildman–Crippen MR) is 69.9 cm³/mol. The number of esters is 1. The van der Waals surface area contributed by atoms with Crippen LogP contribution in [0.4, 0.5) is 5.69 Å². The minimum atomic E-state index is -0.480. The number of anilines is 1. The lowest BCUT2D eigenvalue weighted by Gasteiger charge is -2.14. The highest BCUT2D eigenvalue weighted by Crippen LogP contribution is 2.19. The largest absolute Gasteiger partial charge is 0.462 e. The standard InChI is InChI=1S/C14H18N2O2/c1-10-4-5-11(8-12(10)16)13(17)18-7-6-14(2,3)9-15/h4-5,8H,6-7,16H2,1-3H3. The van der Waals surface area contributed by atoms with E-state index in [9.17, 15) is 4.79 Å². The first-order chi connectivity index (χ1) is 8.35. The van der Waals surface area contributed by atoms with Gasteiger partial charge in [-0.15, -0.1) is 0 Å². The Morgan fingerprint density at radius 1 is 1.50 bits per heavy atom. The normalized spacial score (nSPS) is 10.8. The molecule has 18 heavy (non-hydrogen) atoms. The molecule has 1 aromatic rings. The summed E-state index contributed by atoms with van der Waals surface area (Å²) in [6, 6.07) is 7.23. The Morgan fingerprint density at radius 2 is 2.17 bits per heavy atom. The summed E-state index contributed by atoms with van der Waals surface area (Å²) in [4.78, 5) is 11.7. The maximum Gasteiger partial charge on any atom is 0.338 e. The molecule has 0 saturated carbocycles. The van der Waals surface area contributed by atoms with Gasteiger partial charge in [-0.05, 0) is 44.9 Å². The van der Waals surface area contributed by atoms with E-state index in [4.69, 9.17) is 15.7 Å². The Balaban J connectivity index is 2.56. The summed E-state index contributed by atoms with van der Waals surface area (Å²) < 4.78 is 5.12. The molecule has 96 valence electrons. The third-order valence-corrected chi connectivity index (χ3v) is 2.78. The number of hydrogen-bond donors (Lipinski definition) is 1. The molecular weight excluding hydrogens is 228 g/mol. The third kappa shape index (κ3) is 3.77. The van der Waals surface area contributed by atoms with Crippen molar-refractivity contribution in [3.63, 3.8) is 0 Å². The third-order valence-electron chi connectivity index (χ3n) is 2.78. The van der Waals surface area contributed by atoms with E-state index < -0.39 is 11.4 Å². The molecule has 2 N–H and O–H groups in total. The molecule has 1 rings (SSSR count). The van der Waals surface area contributed by atoms with E-state index in [0.29, 0.717) is 17.7 Å². The minimum Gasteiger partial charge on any atom is -0.462 e. The fraction of sp³-hybridized carbons (Fsp3) is 0.429. The number of benzene rings is 1. The van der Waals surface area contributed by atoms with Crippen molar-refractivity contribution in [3.8, 4) is 6.07 Å². The van der Waals surface area contributed by atoms with Gasteiger partial charge in [0.2, 0.25) is 0 Å². The molecule has 0 aliphatic carbocycles. The summed E-state index contributed by atoms with van der Waals surface area (Å²) in [5.41, 5.74) is 7.18. The first-order valence-corrected chi connectivity index (χ1v) is 5.80. The molecule has 0 radical (unpaired) electrons. The zero-order valence-corrected chi connectivity index (χ0v) is 11.0. The summed E-state index contributed by atoms with van der Waals surface area (Å²) in [7, 11) is 0. The lowest BCUT2D eigenvalue weighted by molar-refractivity contribution is 0.0475. The van der Waals surface area contributed by atoms with Gasteiger partial charge in [-0.2, -0.15) is 5.26 Å². The van der Waals surface area contributed by atoms with Crippen LogP contribution < -0.4 is 5.73 Å². The molecule has 0 heterocycles. The summed E-state index contributed by atoms with van der Waals surface area (Å²) in [6.07, 6.45) is 0.510. The average Bonchev–Trinajstić information content (AvgIpc) is 2.32. The molecule has 4 nitrogen and oxygen atoms in total. The van der Waals surface area contributed by atoms with Crippen LogP contribution in [0.3, 0.4) is 0 Å². The van der Waals surface area contributed by atoms with Crippen LogP contribution in [-0.4, -0.2) is 12.6 Å². The van der Waals surface area contributed by atoms with Gasteiger partial charge in [-0.3, -0.25) is 0 Å². The lowest BCUT2D eigenvalue weighted by atomic mass is 9.92. The number of hydrogen-bond acceptors (Lipinski definition) is 4. The highest BCUT2D eigenvalue weighted by molar-refractivity contribution is 5.90. The van der Waals surface area contributed by atoms with Crippen molar-refractivity contribution in [2.45, 2.75) is 27.2 Å². The van der Waals surface area contributed by atoms with Crippen molar-refractivity contribution in [1.82, 2.24) is 0 Å². The molecule has 0 aliphatic rings. The van der Waals surface area contributed by atoms with Crippen LogP contribution in [0.25, 0.3) is 0 Å². The van der Waals surface area contributed by atoms with Crippen LogP contribution in [0.15, 0.2) is 18.2 Å². The first-order valence-electron chi connectivity index (χ1n) is 5.80. The van der Waals surface area contributed by atoms with E-state index in [2.05, 4.69) is 6.07 Å². The Bertz CT molecular complexity index is 487. The topological polar surface area (TPSA) is 76.1 Å². The van der Waals surface area contributed by atoms with Crippen LogP contribution in [0.5, 0.6) is 0 Å². The van der Waals surface area contributed by atoms with Crippen molar-refractivity contribution in [2.75, 3.05) is 12.3 Å². The van der Waals surface area contributed by atoms with Gasteiger partial charge in [0.05, 0.1) is 23.7 Å². The number of nitrogen functional groups attached to an aromatic ring is 1. The fourth-order valence-electron chi connectivity index (χ4n) is 1.31. The number of carbonyl (C=O) groups excluding carboxylic acids is 1. The quantitative estimate of drug-likeness (QED) is 0.654. The Morgan fingerprint density at radius 3 is 2.72 bits per heavy atom. The number of nitrogens with two attached hydrogens (primary N) is 1. The van der Waals surface area contributed by atoms with Gasteiger partial charge >= 0.3 is 5.97 Å². The van der Waals surface area contributed by atoms with Crippen molar-refractivity contribution in [3.05, 3.63) is 29.3 Å². The fourth-order valence-corrected chi connectivity index (χ4v) is 1.31. The Kier molecular flexibility index (Phi) is 4.33. The number of carbonyl (C=O) groups is 1. The van der Waals surface area contributed by atoms with E-state index >= 15 is 0 Å². The second kappa shape index (κ2) is 5.54. The van der Waals surface area contributed by atoms with E-state index in [1.807, 2.05) is 20.8 Å². The van der Waals surface area contributed by atoms with Gasteiger partial charge in [-0.25, -0.2) is 4.79 Å². The van der Waals surface area contributed by atoms with Gasteiger partial charge < -0.3 is 10.5 Å². The van der Waals surface area contributed by atoms with Gasteiger partial charge in [0.15, 0.2) is 0 Å². The highest BCUT2D eigenvalue weighted by Gasteiger charge is 2.17. The molecule has 0 atom stereocenters. The molecule has 0 aliphatic heterocycles. The number of ether oxygens (including phenoxy) is 1. The van der Waals surface area contributed by atoms with E-state index in [-0.39, 0.29) is 6.61 Å². The molecule has 0 fully saturated rings. The average molecular weight is 246 g/mol. The van der Waals surface area contributed by atoms with Crippen molar-refractivity contribution < 1.29 is 9.53 Å². The monoisotopic (exact) mass is 246 g/mol. The Hall–Kier alpha value is -2.02. The SMILES string of the molecule is Cc1ccc(C(=O)OCCC(C)(C)C#N)cc1N. The molecule has 0 spiro atoms. The molecular formula is C14H18N2O2. The van der Waals surface area contributed by atoms with E-state index in [0.717, 1.165) is 5.56 Å². The van der Waals surface area contributed by atoms with Crippen molar-refractivity contribution in [1.29, 1.82) is 5.26 Å². The molecule has 0 bridgehead atoms. The molecule has 0 saturated heterocycles. The van der Waals surface area contributed by atoms with Crippen molar-refractivity contribution in [2.24, 2.45) is 5.41 Å². The zero-order valence-electron chi connectivity index (χ0n) is 11.0. The summed E-state index contributed by atoms with van der Waals surface area (Å²) in [5, 5.41) is 8.84. The van der Waals surface area contributed by atoms with E-state index in [1.54, 1.807) is 18.2 Å². The van der Waals surface area contributed by atoms with Crippen LogP contribution >= 0.6 is 0 Å². The molecule has 0 unspecified atom stereocenters. The first kappa shape index (κ1) is 14.0. The number of rotatable bonds is 4. The van der Waals surface area contributed by atoms with Crippen LogP contribution in [-0.2, 0) is 4.74 Å². The number of nitrogens with zero attached hydrogens (tertiary/aromatic N) is 1. The number of aryl methyl sites for hydroxylation is 1. The molecule has 4 heteroatoms. The van der Waals surface area contributed by atoms with E-state index in [1.165, 1.54) is 0 Å². The lowest BCUT2D eigenvalue weighted by Crippen LogP contribution is -2.14. The van der Waals surface area contributed by atoms with Crippen molar-refractivity contribution >= 4 is 11.7 Å². The van der Waals surface area contributed by atoms with Crippen LogP contribution in [0, 0.1) is 23.7 Å². The molecule has 0 aromatic heterocycles. The summed E-state index contributed by atoms with van der Waals surface area (Å²) in [5.74, 6) is -0.407. The molecule has 0 amide bonds. The predicted octanol–water partition coefficient (Wildman–Crippen LogP) is 2.67. The Labute approximate surface area is 107 Å². The van der Waals surface area contributed by atoms with Crippen LogP contribution in [0.2, 0.25) is 0 Å². The number of nitriles is 1. The highest BCUT2D eigenvalue weighted by atomic mass is 16.5.